The van der Waals surface area contributed by atoms with E-state index in [0.717, 1.165) is 0 Å². The SMILES string of the molecule is C=COCCOCCC(=O)OCC. The van der Waals surface area contributed by atoms with Gasteiger partial charge in [-0.3, -0.25) is 4.79 Å². The van der Waals surface area contributed by atoms with Crippen molar-refractivity contribution >= 4 is 5.97 Å². The molecule has 0 aromatic rings. The summed E-state index contributed by atoms with van der Waals surface area (Å²) < 4.78 is 14.6. The van der Waals surface area contributed by atoms with Crippen molar-refractivity contribution < 1.29 is 19.0 Å². The van der Waals surface area contributed by atoms with Crippen molar-refractivity contribution in [2.24, 2.45) is 0 Å². The first kappa shape index (κ1) is 12.0. The lowest BCUT2D eigenvalue weighted by Gasteiger charge is -2.03. The van der Waals surface area contributed by atoms with Crippen LogP contribution < -0.4 is 0 Å². The molecule has 0 saturated heterocycles. The van der Waals surface area contributed by atoms with Gasteiger partial charge in [0.1, 0.15) is 6.61 Å². The lowest BCUT2D eigenvalue weighted by atomic mass is 10.5. The minimum absolute atomic E-state index is 0.230. The maximum atomic E-state index is 10.8. The standard InChI is InChI=1S/C9H16O4/c1-3-11-7-8-12-6-5-9(10)13-4-2/h3H,1,4-8H2,2H3. The zero-order valence-electron chi connectivity index (χ0n) is 7.95. The fourth-order valence-corrected chi connectivity index (χ4v) is 0.681. The number of ether oxygens (including phenoxy) is 3. The highest BCUT2D eigenvalue weighted by atomic mass is 16.5. The Kier molecular flexibility index (Phi) is 8.34. The molecule has 0 aromatic carbocycles. The van der Waals surface area contributed by atoms with Gasteiger partial charge in [0, 0.05) is 0 Å². The van der Waals surface area contributed by atoms with Crippen LogP contribution in [-0.4, -0.2) is 32.4 Å². The summed E-state index contributed by atoms with van der Waals surface area (Å²) in [6.45, 7) is 6.87. The molecule has 0 saturated carbocycles. The number of rotatable bonds is 8. The minimum Gasteiger partial charge on any atom is -0.499 e. The first-order chi connectivity index (χ1) is 6.31. The second-order valence-electron chi connectivity index (χ2n) is 2.20. The second-order valence-corrected chi connectivity index (χ2v) is 2.20. The molecule has 0 spiro atoms. The van der Waals surface area contributed by atoms with Gasteiger partial charge in [-0.1, -0.05) is 6.58 Å². The fraction of sp³-hybridized carbons (Fsp3) is 0.667. The van der Waals surface area contributed by atoms with Crippen LogP contribution in [0.25, 0.3) is 0 Å². The van der Waals surface area contributed by atoms with E-state index in [1.54, 1.807) is 6.92 Å². The summed E-state index contributed by atoms with van der Waals surface area (Å²) in [6.07, 6.45) is 1.65. The molecule has 0 amide bonds. The van der Waals surface area contributed by atoms with Gasteiger partial charge in [-0.25, -0.2) is 0 Å². The maximum absolute atomic E-state index is 10.8. The van der Waals surface area contributed by atoms with Gasteiger partial charge in [-0.05, 0) is 6.92 Å². The highest BCUT2D eigenvalue weighted by molar-refractivity contribution is 5.69. The van der Waals surface area contributed by atoms with Gasteiger partial charge >= 0.3 is 5.97 Å². The topological polar surface area (TPSA) is 44.8 Å². The Morgan fingerprint density at radius 3 is 2.77 bits per heavy atom. The van der Waals surface area contributed by atoms with Gasteiger partial charge in [0.05, 0.1) is 32.5 Å². The van der Waals surface area contributed by atoms with Crippen LogP contribution in [0.15, 0.2) is 12.8 Å². The van der Waals surface area contributed by atoms with Crippen LogP contribution in [0.3, 0.4) is 0 Å². The zero-order chi connectivity index (χ0) is 9.94. The van der Waals surface area contributed by atoms with Gasteiger partial charge in [0.15, 0.2) is 0 Å². The molecule has 0 bridgehead atoms. The van der Waals surface area contributed by atoms with Gasteiger partial charge < -0.3 is 14.2 Å². The molecule has 0 fully saturated rings. The van der Waals surface area contributed by atoms with E-state index < -0.39 is 0 Å². The summed E-state index contributed by atoms with van der Waals surface area (Å²) in [5, 5.41) is 0. The smallest absolute Gasteiger partial charge is 0.308 e. The largest absolute Gasteiger partial charge is 0.499 e. The molecule has 0 N–H and O–H groups in total. The Labute approximate surface area is 78.5 Å². The molecule has 76 valence electrons. The first-order valence-electron chi connectivity index (χ1n) is 4.27. The van der Waals surface area contributed by atoms with Crippen molar-refractivity contribution in [3.63, 3.8) is 0 Å². The van der Waals surface area contributed by atoms with Crippen LogP contribution in [0.5, 0.6) is 0 Å². The highest BCUT2D eigenvalue weighted by Crippen LogP contribution is 1.88. The summed E-state index contributed by atoms with van der Waals surface area (Å²) in [7, 11) is 0. The molecular weight excluding hydrogens is 172 g/mol. The van der Waals surface area contributed by atoms with E-state index >= 15 is 0 Å². The molecule has 0 heterocycles. The number of carbonyl (C=O) groups is 1. The van der Waals surface area contributed by atoms with Crippen molar-refractivity contribution in [2.45, 2.75) is 13.3 Å². The molecule has 0 aliphatic heterocycles. The summed E-state index contributed by atoms with van der Waals surface area (Å²) in [6, 6.07) is 0. The molecule has 0 rings (SSSR count). The maximum Gasteiger partial charge on any atom is 0.308 e. The van der Waals surface area contributed by atoms with E-state index in [2.05, 4.69) is 6.58 Å². The number of carbonyl (C=O) groups excluding carboxylic acids is 1. The summed E-state index contributed by atoms with van der Waals surface area (Å²) in [4.78, 5) is 10.8. The summed E-state index contributed by atoms with van der Waals surface area (Å²) >= 11 is 0. The number of hydrogen-bond donors (Lipinski definition) is 0. The third-order valence-electron chi connectivity index (χ3n) is 1.22. The van der Waals surface area contributed by atoms with Crippen molar-refractivity contribution in [1.82, 2.24) is 0 Å². The predicted molar refractivity (Wildman–Crippen MR) is 48.2 cm³/mol. The van der Waals surface area contributed by atoms with E-state index in [1.165, 1.54) is 6.26 Å². The minimum atomic E-state index is -0.230. The molecule has 0 aliphatic rings. The van der Waals surface area contributed by atoms with Crippen LogP contribution in [-0.2, 0) is 19.0 Å². The predicted octanol–water partition coefficient (Wildman–Crippen LogP) is 1.12. The van der Waals surface area contributed by atoms with E-state index in [9.17, 15) is 4.79 Å². The zero-order valence-corrected chi connectivity index (χ0v) is 7.95. The Bertz CT molecular complexity index is 145. The molecule has 13 heavy (non-hydrogen) atoms. The number of hydrogen-bond acceptors (Lipinski definition) is 4. The summed E-state index contributed by atoms with van der Waals surface area (Å²) in [5.74, 6) is -0.230. The van der Waals surface area contributed by atoms with Gasteiger partial charge in [-0.2, -0.15) is 0 Å². The van der Waals surface area contributed by atoms with E-state index in [1.807, 2.05) is 0 Å². The van der Waals surface area contributed by atoms with Crippen LogP contribution in [0.4, 0.5) is 0 Å². The summed E-state index contributed by atoms with van der Waals surface area (Å²) in [5.41, 5.74) is 0. The highest BCUT2D eigenvalue weighted by Gasteiger charge is 1.99. The monoisotopic (exact) mass is 188 g/mol. The quantitative estimate of drug-likeness (QED) is 0.325. The first-order valence-corrected chi connectivity index (χ1v) is 4.27. The fourth-order valence-electron chi connectivity index (χ4n) is 0.681. The Balaban J connectivity index is 3.06. The molecular formula is C9H16O4. The van der Waals surface area contributed by atoms with Crippen LogP contribution in [0, 0.1) is 0 Å². The van der Waals surface area contributed by atoms with Crippen molar-refractivity contribution in [1.29, 1.82) is 0 Å². The second kappa shape index (κ2) is 9.06. The molecule has 4 heteroatoms. The Hall–Kier alpha value is -1.03. The third kappa shape index (κ3) is 8.88. The molecule has 0 aromatic heterocycles. The Morgan fingerprint density at radius 2 is 2.15 bits per heavy atom. The number of esters is 1. The lowest BCUT2D eigenvalue weighted by molar-refractivity contribution is -0.144. The Morgan fingerprint density at radius 1 is 1.38 bits per heavy atom. The van der Waals surface area contributed by atoms with Gasteiger partial charge in [-0.15, -0.1) is 0 Å². The molecule has 4 nitrogen and oxygen atoms in total. The average Bonchev–Trinajstić information content (AvgIpc) is 2.11. The third-order valence-corrected chi connectivity index (χ3v) is 1.22. The van der Waals surface area contributed by atoms with Crippen LogP contribution >= 0.6 is 0 Å². The molecule has 0 atom stereocenters. The van der Waals surface area contributed by atoms with Crippen molar-refractivity contribution in [3.8, 4) is 0 Å². The molecule has 0 aliphatic carbocycles. The molecule has 0 unspecified atom stereocenters. The van der Waals surface area contributed by atoms with Gasteiger partial charge in [0.25, 0.3) is 0 Å². The van der Waals surface area contributed by atoms with Crippen LogP contribution in [0.1, 0.15) is 13.3 Å². The lowest BCUT2D eigenvalue weighted by Crippen LogP contribution is -2.10. The normalized spacial score (nSPS) is 9.31. The van der Waals surface area contributed by atoms with Gasteiger partial charge in [0.2, 0.25) is 0 Å². The molecule has 0 radical (unpaired) electrons. The van der Waals surface area contributed by atoms with E-state index in [4.69, 9.17) is 14.2 Å². The van der Waals surface area contributed by atoms with Crippen LogP contribution in [0.2, 0.25) is 0 Å². The van der Waals surface area contributed by atoms with E-state index in [-0.39, 0.29) is 5.97 Å². The average molecular weight is 188 g/mol. The van der Waals surface area contributed by atoms with Crippen molar-refractivity contribution in [3.05, 3.63) is 12.8 Å². The van der Waals surface area contributed by atoms with E-state index in [0.29, 0.717) is 32.8 Å². The van der Waals surface area contributed by atoms with Crippen molar-refractivity contribution in [2.75, 3.05) is 26.4 Å².